The van der Waals surface area contributed by atoms with E-state index in [0.717, 1.165) is 6.61 Å². The Morgan fingerprint density at radius 1 is 1.26 bits per heavy atom. The molecule has 0 aromatic carbocycles. The van der Waals surface area contributed by atoms with Crippen LogP contribution in [0.4, 0.5) is 0 Å². The summed E-state index contributed by atoms with van der Waals surface area (Å²) in [5.74, 6) is 0. The first-order valence-corrected chi connectivity index (χ1v) is 8.23. The summed E-state index contributed by atoms with van der Waals surface area (Å²) in [5.41, 5.74) is 0.662. The summed E-state index contributed by atoms with van der Waals surface area (Å²) in [5, 5.41) is 3.90. The van der Waals surface area contributed by atoms with Gasteiger partial charge in [0.15, 0.2) is 0 Å². The van der Waals surface area contributed by atoms with E-state index in [-0.39, 0.29) is 5.54 Å². The Morgan fingerprint density at radius 3 is 2.58 bits per heavy atom. The zero-order valence-electron chi connectivity index (χ0n) is 12.9. The highest BCUT2D eigenvalue weighted by atomic mass is 16.5. The van der Waals surface area contributed by atoms with Gasteiger partial charge in [0.1, 0.15) is 0 Å². The fourth-order valence-corrected chi connectivity index (χ4v) is 4.51. The largest absolute Gasteiger partial charge is 0.377 e. The third-order valence-electron chi connectivity index (χ3n) is 6.17. The highest BCUT2D eigenvalue weighted by Gasteiger charge is 2.50. The van der Waals surface area contributed by atoms with Crippen molar-refractivity contribution in [1.29, 1.82) is 0 Å². The highest BCUT2D eigenvalue weighted by Crippen LogP contribution is 2.40. The van der Waals surface area contributed by atoms with Crippen LogP contribution in [-0.2, 0) is 4.74 Å². The molecular formula is C16H30N2O. The van der Waals surface area contributed by atoms with E-state index in [1.807, 2.05) is 0 Å². The first kappa shape index (κ1) is 13.8. The molecule has 2 heterocycles. The molecule has 1 spiro atoms. The van der Waals surface area contributed by atoms with E-state index in [1.54, 1.807) is 0 Å². The van der Waals surface area contributed by atoms with Gasteiger partial charge in [0.05, 0.1) is 6.10 Å². The SMILES string of the molecule is CCC1CNC2(CCCC2)CN1C1(C)CCOC1C. The van der Waals surface area contributed by atoms with Crippen LogP contribution in [0.2, 0.25) is 0 Å². The molecule has 0 radical (unpaired) electrons. The summed E-state index contributed by atoms with van der Waals surface area (Å²) >= 11 is 0. The van der Waals surface area contributed by atoms with E-state index in [1.165, 1.54) is 51.6 Å². The first-order valence-electron chi connectivity index (χ1n) is 8.23. The summed E-state index contributed by atoms with van der Waals surface area (Å²) < 4.78 is 5.90. The minimum atomic E-state index is 0.248. The van der Waals surface area contributed by atoms with Crippen LogP contribution >= 0.6 is 0 Å². The molecule has 1 N–H and O–H groups in total. The predicted molar refractivity (Wildman–Crippen MR) is 78.4 cm³/mol. The monoisotopic (exact) mass is 266 g/mol. The van der Waals surface area contributed by atoms with Crippen molar-refractivity contribution in [2.75, 3.05) is 19.7 Å². The molecule has 0 aromatic rings. The molecule has 110 valence electrons. The van der Waals surface area contributed by atoms with E-state index < -0.39 is 0 Å². The van der Waals surface area contributed by atoms with Crippen LogP contribution in [0.15, 0.2) is 0 Å². The van der Waals surface area contributed by atoms with Crippen LogP contribution < -0.4 is 5.32 Å². The lowest BCUT2D eigenvalue weighted by molar-refractivity contribution is -0.0431. The summed E-state index contributed by atoms with van der Waals surface area (Å²) in [6.07, 6.45) is 8.35. The molecule has 0 bridgehead atoms. The quantitative estimate of drug-likeness (QED) is 0.831. The predicted octanol–water partition coefficient (Wildman–Crippen LogP) is 2.55. The molecule has 3 aliphatic rings. The standard InChI is InChI=1S/C16H30N2O/c1-4-14-11-17-16(7-5-6-8-16)12-18(14)15(3)9-10-19-13(15)2/h13-14,17H,4-12H2,1-3H3. The number of nitrogens with zero attached hydrogens (tertiary/aromatic N) is 1. The van der Waals surface area contributed by atoms with Crippen molar-refractivity contribution in [2.24, 2.45) is 0 Å². The molecule has 3 atom stereocenters. The Hall–Kier alpha value is -0.120. The lowest BCUT2D eigenvalue weighted by Gasteiger charge is -2.53. The zero-order valence-corrected chi connectivity index (χ0v) is 12.9. The Labute approximate surface area is 118 Å². The number of rotatable bonds is 2. The van der Waals surface area contributed by atoms with Gasteiger partial charge in [-0.1, -0.05) is 19.8 Å². The van der Waals surface area contributed by atoms with Gasteiger partial charge in [0.25, 0.3) is 0 Å². The van der Waals surface area contributed by atoms with Gasteiger partial charge in [-0.3, -0.25) is 4.90 Å². The second-order valence-electron chi connectivity index (χ2n) is 7.18. The van der Waals surface area contributed by atoms with E-state index >= 15 is 0 Å². The number of hydrogen-bond donors (Lipinski definition) is 1. The minimum Gasteiger partial charge on any atom is -0.377 e. The second-order valence-corrected chi connectivity index (χ2v) is 7.18. The highest BCUT2D eigenvalue weighted by molar-refractivity contribution is 5.07. The summed E-state index contributed by atoms with van der Waals surface area (Å²) in [6.45, 7) is 10.4. The average molecular weight is 266 g/mol. The van der Waals surface area contributed by atoms with Crippen molar-refractivity contribution in [3.8, 4) is 0 Å². The van der Waals surface area contributed by atoms with Gasteiger partial charge >= 0.3 is 0 Å². The van der Waals surface area contributed by atoms with Crippen molar-refractivity contribution in [3.05, 3.63) is 0 Å². The van der Waals surface area contributed by atoms with Gasteiger partial charge in [-0.15, -0.1) is 0 Å². The molecule has 3 rings (SSSR count). The molecule has 3 heteroatoms. The van der Waals surface area contributed by atoms with E-state index in [4.69, 9.17) is 4.74 Å². The molecule has 19 heavy (non-hydrogen) atoms. The topological polar surface area (TPSA) is 24.5 Å². The molecule has 3 fully saturated rings. The second kappa shape index (κ2) is 5.01. The fourth-order valence-electron chi connectivity index (χ4n) is 4.51. The molecule has 3 unspecified atom stereocenters. The van der Waals surface area contributed by atoms with Crippen molar-refractivity contribution in [2.45, 2.75) is 82.5 Å². The molecule has 3 nitrogen and oxygen atoms in total. The van der Waals surface area contributed by atoms with Gasteiger partial charge in [-0.2, -0.15) is 0 Å². The Bertz CT molecular complexity index is 327. The van der Waals surface area contributed by atoms with Crippen molar-refractivity contribution < 1.29 is 4.74 Å². The molecule has 0 aromatic heterocycles. The molecule has 1 aliphatic carbocycles. The number of piperazine rings is 1. The molecule has 2 saturated heterocycles. The maximum Gasteiger partial charge on any atom is 0.0728 e. The van der Waals surface area contributed by atoms with Crippen LogP contribution in [0.3, 0.4) is 0 Å². The number of hydrogen-bond acceptors (Lipinski definition) is 3. The van der Waals surface area contributed by atoms with Crippen LogP contribution in [0, 0.1) is 0 Å². The van der Waals surface area contributed by atoms with Gasteiger partial charge in [-0.25, -0.2) is 0 Å². The van der Waals surface area contributed by atoms with E-state index in [9.17, 15) is 0 Å². The van der Waals surface area contributed by atoms with E-state index in [0.29, 0.717) is 17.7 Å². The van der Waals surface area contributed by atoms with Crippen LogP contribution in [0.5, 0.6) is 0 Å². The molecular weight excluding hydrogens is 236 g/mol. The lowest BCUT2D eigenvalue weighted by atomic mass is 9.84. The third-order valence-corrected chi connectivity index (χ3v) is 6.17. The van der Waals surface area contributed by atoms with Crippen molar-refractivity contribution in [3.63, 3.8) is 0 Å². The molecule has 0 amide bonds. The Balaban J connectivity index is 1.82. The fraction of sp³-hybridized carbons (Fsp3) is 1.00. The first-order chi connectivity index (χ1) is 9.10. The molecule has 1 saturated carbocycles. The van der Waals surface area contributed by atoms with Crippen molar-refractivity contribution >= 4 is 0 Å². The van der Waals surface area contributed by atoms with Gasteiger partial charge in [0.2, 0.25) is 0 Å². The van der Waals surface area contributed by atoms with Gasteiger partial charge in [-0.05, 0) is 39.5 Å². The summed E-state index contributed by atoms with van der Waals surface area (Å²) in [4.78, 5) is 2.81. The Morgan fingerprint density at radius 2 is 2.00 bits per heavy atom. The van der Waals surface area contributed by atoms with E-state index in [2.05, 4.69) is 31.0 Å². The summed E-state index contributed by atoms with van der Waals surface area (Å²) in [6, 6.07) is 0.681. The smallest absolute Gasteiger partial charge is 0.0728 e. The maximum atomic E-state index is 5.90. The number of ether oxygens (including phenoxy) is 1. The average Bonchev–Trinajstić information content (AvgIpc) is 2.99. The minimum absolute atomic E-state index is 0.248. The third kappa shape index (κ3) is 2.24. The van der Waals surface area contributed by atoms with Crippen LogP contribution in [-0.4, -0.2) is 47.8 Å². The number of nitrogens with one attached hydrogen (secondary N) is 1. The van der Waals surface area contributed by atoms with Gasteiger partial charge in [0, 0.05) is 36.8 Å². The molecule has 2 aliphatic heterocycles. The Kier molecular flexibility index (Phi) is 3.65. The maximum absolute atomic E-state index is 5.90. The normalized spacial score (nSPS) is 43.1. The lowest BCUT2D eigenvalue weighted by Crippen LogP contribution is -2.69. The van der Waals surface area contributed by atoms with Gasteiger partial charge < -0.3 is 10.1 Å². The van der Waals surface area contributed by atoms with Crippen LogP contribution in [0.25, 0.3) is 0 Å². The summed E-state index contributed by atoms with van der Waals surface area (Å²) in [7, 11) is 0. The van der Waals surface area contributed by atoms with Crippen molar-refractivity contribution in [1.82, 2.24) is 10.2 Å². The van der Waals surface area contributed by atoms with Crippen LogP contribution in [0.1, 0.15) is 59.3 Å². The zero-order chi connectivity index (χ0) is 13.5.